The number of methoxy groups -OCH3 is 1. The van der Waals surface area contributed by atoms with Gasteiger partial charge >= 0.3 is 11.9 Å². The lowest BCUT2D eigenvalue weighted by Crippen LogP contribution is -2.24. The molecule has 0 radical (unpaired) electrons. The van der Waals surface area contributed by atoms with Gasteiger partial charge in [0.25, 0.3) is 0 Å². The Labute approximate surface area is 141 Å². The zero-order valence-corrected chi connectivity index (χ0v) is 13.7. The van der Waals surface area contributed by atoms with Crippen LogP contribution in [0.5, 0.6) is 0 Å². The van der Waals surface area contributed by atoms with Crippen molar-refractivity contribution in [3.05, 3.63) is 47.2 Å². The van der Waals surface area contributed by atoms with E-state index in [0.717, 1.165) is 5.56 Å². The molecule has 9 heteroatoms. The van der Waals surface area contributed by atoms with Crippen molar-refractivity contribution in [2.75, 3.05) is 18.7 Å². The topological polar surface area (TPSA) is 106 Å². The average Bonchev–Trinajstić information content (AvgIpc) is 3.03. The van der Waals surface area contributed by atoms with Gasteiger partial charge in [0.1, 0.15) is 11.7 Å². The van der Waals surface area contributed by atoms with Crippen molar-refractivity contribution in [1.29, 1.82) is 0 Å². The van der Waals surface area contributed by atoms with Gasteiger partial charge in [0, 0.05) is 0 Å². The van der Waals surface area contributed by atoms with E-state index in [2.05, 4.69) is 20.1 Å². The molecule has 1 aliphatic heterocycles. The first kappa shape index (κ1) is 16.1. The molecule has 0 fully saturated rings. The van der Waals surface area contributed by atoms with Gasteiger partial charge in [0.15, 0.2) is 0 Å². The lowest BCUT2D eigenvalue weighted by molar-refractivity contribution is -0.132. The average molecular weight is 346 g/mol. The van der Waals surface area contributed by atoms with Crippen molar-refractivity contribution in [3.8, 4) is 0 Å². The van der Waals surface area contributed by atoms with Crippen LogP contribution in [0.3, 0.4) is 0 Å². The van der Waals surface area contributed by atoms with Gasteiger partial charge < -0.3 is 15.2 Å². The summed E-state index contributed by atoms with van der Waals surface area (Å²) < 4.78 is 6.29. The van der Waals surface area contributed by atoms with Crippen molar-refractivity contribution in [3.63, 3.8) is 0 Å². The Morgan fingerprint density at radius 2 is 2.04 bits per heavy atom. The summed E-state index contributed by atoms with van der Waals surface area (Å²) in [6.07, 6.45) is 3.40. The number of carbonyl (C=O) groups excluding carboxylic acids is 1. The van der Waals surface area contributed by atoms with E-state index in [1.165, 1.54) is 18.9 Å². The molecule has 1 unspecified atom stereocenters. The SMILES string of the molecule is COC(=O)c1ccc(C2C=C(C(=O)O)Nc3nc(SC)nn32)cc1. The van der Waals surface area contributed by atoms with E-state index in [0.29, 0.717) is 16.7 Å². The largest absolute Gasteiger partial charge is 0.477 e. The van der Waals surface area contributed by atoms with E-state index in [-0.39, 0.29) is 5.70 Å². The molecule has 0 saturated carbocycles. The van der Waals surface area contributed by atoms with Crippen LogP contribution in [-0.4, -0.2) is 45.2 Å². The van der Waals surface area contributed by atoms with Crippen molar-refractivity contribution < 1.29 is 19.4 Å². The number of nitrogens with one attached hydrogen (secondary N) is 1. The molecule has 0 bridgehead atoms. The van der Waals surface area contributed by atoms with Crippen LogP contribution in [0, 0.1) is 0 Å². The first-order valence-electron chi connectivity index (χ1n) is 6.94. The Kier molecular flexibility index (Phi) is 4.26. The normalized spacial score (nSPS) is 15.9. The summed E-state index contributed by atoms with van der Waals surface area (Å²) in [5.41, 5.74) is 1.23. The molecule has 2 heterocycles. The van der Waals surface area contributed by atoms with Crippen LogP contribution in [0.15, 0.2) is 41.2 Å². The van der Waals surface area contributed by atoms with Gasteiger partial charge in [-0.05, 0) is 30.0 Å². The molecule has 1 aromatic carbocycles. The zero-order chi connectivity index (χ0) is 17.3. The molecule has 24 heavy (non-hydrogen) atoms. The predicted molar refractivity (Wildman–Crippen MR) is 87.1 cm³/mol. The number of thioether (sulfide) groups is 1. The summed E-state index contributed by atoms with van der Waals surface area (Å²) in [5.74, 6) is -1.15. The first-order valence-corrected chi connectivity index (χ1v) is 8.17. The number of anilines is 1. The third-order valence-corrected chi connectivity index (χ3v) is 4.07. The van der Waals surface area contributed by atoms with E-state index >= 15 is 0 Å². The first-order chi connectivity index (χ1) is 11.5. The van der Waals surface area contributed by atoms with Gasteiger partial charge in [-0.2, -0.15) is 4.98 Å². The summed E-state index contributed by atoms with van der Waals surface area (Å²) in [4.78, 5) is 27.1. The summed E-state index contributed by atoms with van der Waals surface area (Å²) in [6.45, 7) is 0. The lowest BCUT2D eigenvalue weighted by atomic mass is 10.0. The number of aromatic nitrogens is 3. The number of carboxylic acid groups (broad SMARTS) is 1. The minimum absolute atomic E-state index is 0.0320. The highest BCUT2D eigenvalue weighted by Gasteiger charge is 2.27. The Hall–Kier alpha value is -2.81. The second-order valence-corrected chi connectivity index (χ2v) is 5.71. The van der Waals surface area contributed by atoms with Crippen molar-refractivity contribution in [2.45, 2.75) is 11.2 Å². The van der Waals surface area contributed by atoms with Gasteiger partial charge in [-0.25, -0.2) is 14.3 Å². The highest BCUT2D eigenvalue weighted by atomic mass is 32.2. The van der Waals surface area contributed by atoms with E-state index in [1.54, 1.807) is 35.0 Å². The van der Waals surface area contributed by atoms with Gasteiger partial charge in [-0.3, -0.25) is 0 Å². The molecular formula is C15H14N4O4S. The van der Waals surface area contributed by atoms with Crippen LogP contribution >= 0.6 is 11.8 Å². The van der Waals surface area contributed by atoms with E-state index in [4.69, 9.17) is 0 Å². The molecule has 0 amide bonds. The van der Waals surface area contributed by atoms with Crippen LogP contribution in [0.25, 0.3) is 0 Å². The quantitative estimate of drug-likeness (QED) is 0.637. The van der Waals surface area contributed by atoms with E-state index in [9.17, 15) is 14.7 Å². The molecule has 124 valence electrons. The Morgan fingerprint density at radius 3 is 2.62 bits per heavy atom. The number of allylic oxidation sites excluding steroid dienone is 1. The summed E-state index contributed by atoms with van der Waals surface area (Å²) in [6, 6.07) is 6.30. The molecule has 1 aromatic heterocycles. The highest BCUT2D eigenvalue weighted by Crippen LogP contribution is 2.30. The van der Waals surface area contributed by atoms with Crippen molar-refractivity contribution >= 4 is 29.6 Å². The maximum atomic E-state index is 11.5. The fraction of sp³-hybridized carbons (Fsp3) is 0.200. The van der Waals surface area contributed by atoms with Crippen LogP contribution in [0.1, 0.15) is 22.0 Å². The van der Waals surface area contributed by atoms with Crippen LogP contribution < -0.4 is 5.32 Å². The zero-order valence-electron chi connectivity index (χ0n) is 12.9. The number of hydrogen-bond donors (Lipinski definition) is 2. The molecular weight excluding hydrogens is 332 g/mol. The molecule has 0 spiro atoms. The molecule has 1 atom stereocenters. The number of carbonyl (C=O) groups is 2. The van der Waals surface area contributed by atoms with Gasteiger partial charge in [-0.1, -0.05) is 23.9 Å². The van der Waals surface area contributed by atoms with Gasteiger partial charge in [-0.15, -0.1) is 5.10 Å². The highest BCUT2D eigenvalue weighted by molar-refractivity contribution is 7.98. The third kappa shape index (κ3) is 2.85. The number of rotatable bonds is 4. The minimum Gasteiger partial charge on any atom is -0.477 e. The molecule has 1 aliphatic rings. The van der Waals surface area contributed by atoms with Gasteiger partial charge in [0.2, 0.25) is 11.1 Å². The monoisotopic (exact) mass is 346 g/mol. The number of carboxylic acids is 1. The van der Waals surface area contributed by atoms with Crippen molar-refractivity contribution in [1.82, 2.24) is 14.8 Å². The Balaban J connectivity index is 2.03. The fourth-order valence-corrected chi connectivity index (χ4v) is 2.70. The Bertz CT molecular complexity index is 828. The predicted octanol–water partition coefficient (Wildman–Crippen LogP) is 1.77. The van der Waals surface area contributed by atoms with Crippen LogP contribution in [0.2, 0.25) is 0 Å². The van der Waals surface area contributed by atoms with Gasteiger partial charge in [0.05, 0.1) is 12.7 Å². The molecule has 3 rings (SSSR count). The van der Waals surface area contributed by atoms with Crippen LogP contribution in [-0.2, 0) is 9.53 Å². The second-order valence-electron chi connectivity index (χ2n) is 4.94. The van der Waals surface area contributed by atoms with Crippen molar-refractivity contribution in [2.24, 2.45) is 0 Å². The summed E-state index contributed by atoms with van der Waals surface area (Å²) in [7, 11) is 1.32. The molecule has 2 N–H and O–H groups in total. The number of fused-ring (bicyclic) bond motifs is 1. The number of aliphatic carboxylic acids is 1. The number of ether oxygens (including phenoxy) is 1. The van der Waals surface area contributed by atoms with Crippen LogP contribution in [0.4, 0.5) is 5.95 Å². The fourth-order valence-electron chi connectivity index (χ4n) is 2.36. The Morgan fingerprint density at radius 1 is 1.33 bits per heavy atom. The number of benzene rings is 1. The maximum Gasteiger partial charge on any atom is 0.352 e. The summed E-state index contributed by atoms with van der Waals surface area (Å²) in [5, 5.41) is 16.9. The minimum atomic E-state index is -1.08. The molecule has 0 saturated heterocycles. The molecule has 8 nitrogen and oxygen atoms in total. The molecule has 0 aliphatic carbocycles. The maximum absolute atomic E-state index is 11.5. The lowest BCUT2D eigenvalue weighted by Gasteiger charge is -2.22. The standard InChI is InChI=1S/C15H14N4O4S/c1-23-13(22)9-5-3-8(4-6-9)11-7-10(12(20)21)16-14-17-15(24-2)18-19(11)14/h3-7,11H,1-2H3,(H,20,21)(H,16,17,18). The molecule has 2 aromatic rings. The number of esters is 1. The van der Waals surface area contributed by atoms with E-state index in [1.807, 2.05) is 6.26 Å². The number of hydrogen-bond acceptors (Lipinski definition) is 7. The van der Waals surface area contributed by atoms with E-state index < -0.39 is 18.0 Å². The summed E-state index contributed by atoms with van der Waals surface area (Å²) >= 11 is 1.36. The smallest absolute Gasteiger partial charge is 0.352 e. The third-order valence-electron chi connectivity index (χ3n) is 3.53. The second kappa shape index (κ2) is 6.36. The number of nitrogens with zero attached hydrogens (tertiary/aromatic N) is 3.